The third-order valence-electron chi connectivity index (χ3n) is 15.0. The van der Waals surface area contributed by atoms with Crippen molar-refractivity contribution in [1.82, 2.24) is 5.32 Å². The fraction of sp³-hybridized carbons (Fsp3) is 0.908. The summed E-state index contributed by atoms with van der Waals surface area (Å²) in [6.07, 6.45) is 75.1. The monoisotopic (exact) mass is 1000 g/mol. The molecule has 3 N–H and O–H groups in total. The molecule has 0 fully saturated rings. The van der Waals surface area contributed by atoms with Crippen LogP contribution in [-0.2, 0) is 14.3 Å². The van der Waals surface area contributed by atoms with Crippen LogP contribution in [0.2, 0.25) is 0 Å². The van der Waals surface area contributed by atoms with Gasteiger partial charge in [0.05, 0.1) is 25.4 Å². The molecule has 0 bridgehead atoms. The standard InChI is InChI=1S/C65H125NO5/c1-3-5-7-9-11-13-15-17-19-27-30-33-37-41-45-49-53-57-63(68)62(61-67)66-64(69)58-54-50-46-42-38-34-31-28-25-23-21-20-22-24-26-29-32-36-40-44-48-52-56-60-71-65(70)59-55-51-47-43-39-35-18-16-14-12-10-8-6-4-2/h23,25,53,57,62-63,67-68H,3-22,24,26-52,54-56,58-61H2,1-2H3,(H,66,69)/b25-23-,57-53+. The van der Waals surface area contributed by atoms with Crippen molar-refractivity contribution >= 4 is 11.9 Å². The van der Waals surface area contributed by atoms with Crippen LogP contribution < -0.4 is 5.32 Å². The molecule has 2 unspecified atom stereocenters. The zero-order valence-corrected chi connectivity index (χ0v) is 48.0. The van der Waals surface area contributed by atoms with Gasteiger partial charge in [-0.15, -0.1) is 0 Å². The van der Waals surface area contributed by atoms with Crippen LogP contribution in [-0.4, -0.2) is 47.4 Å². The molecule has 0 aromatic carbocycles. The van der Waals surface area contributed by atoms with Crippen LogP contribution in [0.1, 0.15) is 354 Å². The summed E-state index contributed by atoms with van der Waals surface area (Å²) in [4.78, 5) is 24.5. The lowest BCUT2D eigenvalue weighted by molar-refractivity contribution is -0.143. The summed E-state index contributed by atoms with van der Waals surface area (Å²) in [6.45, 7) is 4.93. The van der Waals surface area contributed by atoms with Crippen molar-refractivity contribution in [3.63, 3.8) is 0 Å². The molecule has 0 saturated carbocycles. The molecule has 0 rings (SSSR count). The predicted octanol–water partition coefficient (Wildman–Crippen LogP) is 20.2. The summed E-state index contributed by atoms with van der Waals surface area (Å²) in [7, 11) is 0. The number of nitrogens with one attached hydrogen (secondary N) is 1. The minimum atomic E-state index is -0.848. The lowest BCUT2D eigenvalue weighted by Gasteiger charge is -2.20. The van der Waals surface area contributed by atoms with Crippen LogP contribution in [0.5, 0.6) is 0 Å². The van der Waals surface area contributed by atoms with Crippen LogP contribution in [0.25, 0.3) is 0 Å². The second kappa shape index (κ2) is 60.9. The number of unbranched alkanes of at least 4 members (excludes halogenated alkanes) is 47. The molecule has 0 heterocycles. The Morgan fingerprint density at radius 2 is 0.662 bits per heavy atom. The molecule has 6 heteroatoms. The van der Waals surface area contributed by atoms with Gasteiger partial charge < -0.3 is 20.3 Å². The number of carbonyl (C=O) groups excluding carboxylic acids is 2. The first-order valence-corrected chi connectivity index (χ1v) is 32.1. The predicted molar refractivity (Wildman–Crippen MR) is 310 cm³/mol. The molecule has 0 aliphatic rings. The number of ether oxygens (including phenoxy) is 1. The molecule has 0 radical (unpaired) electrons. The lowest BCUT2D eigenvalue weighted by Crippen LogP contribution is -2.45. The van der Waals surface area contributed by atoms with Gasteiger partial charge >= 0.3 is 5.97 Å². The van der Waals surface area contributed by atoms with Crippen molar-refractivity contribution in [1.29, 1.82) is 0 Å². The minimum absolute atomic E-state index is 0.0137. The van der Waals surface area contributed by atoms with Crippen LogP contribution in [0, 0.1) is 0 Å². The van der Waals surface area contributed by atoms with E-state index >= 15 is 0 Å². The number of hydrogen-bond donors (Lipinski definition) is 3. The number of aliphatic hydroxyl groups excluding tert-OH is 2. The van der Waals surface area contributed by atoms with E-state index < -0.39 is 12.1 Å². The maximum Gasteiger partial charge on any atom is 0.305 e. The third-order valence-corrected chi connectivity index (χ3v) is 15.0. The Bertz CT molecular complexity index is 1110. The Morgan fingerprint density at radius 1 is 0.380 bits per heavy atom. The maximum absolute atomic E-state index is 12.5. The van der Waals surface area contributed by atoms with E-state index in [0.29, 0.717) is 19.4 Å². The Labute approximate surface area is 443 Å². The summed E-state index contributed by atoms with van der Waals surface area (Å²) in [5.74, 6) is -0.0582. The fourth-order valence-electron chi connectivity index (χ4n) is 10.0. The molecule has 0 spiro atoms. The Balaban J connectivity index is 3.43. The number of hydrogen-bond acceptors (Lipinski definition) is 5. The van der Waals surface area contributed by atoms with Gasteiger partial charge in [0.2, 0.25) is 5.91 Å². The molecular formula is C65H125NO5. The maximum atomic E-state index is 12.5. The minimum Gasteiger partial charge on any atom is -0.466 e. The van der Waals surface area contributed by atoms with Crippen molar-refractivity contribution in [2.45, 2.75) is 366 Å². The molecule has 6 nitrogen and oxygen atoms in total. The SMILES string of the molecule is CCCCCCCCCCCCCCCCC/C=C/C(O)C(CO)NC(=O)CCCCCCCCC/C=C\CCCCCCCCCCCCCCOC(=O)CCCCCCCCCCCCCCCC. The quantitative estimate of drug-likeness (QED) is 0.0320. The van der Waals surface area contributed by atoms with E-state index in [1.165, 1.54) is 283 Å². The zero-order valence-electron chi connectivity index (χ0n) is 48.0. The van der Waals surface area contributed by atoms with Crippen LogP contribution in [0.3, 0.4) is 0 Å². The van der Waals surface area contributed by atoms with Gasteiger partial charge in [-0.25, -0.2) is 0 Å². The molecule has 420 valence electrons. The van der Waals surface area contributed by atoms with Crippen molar-refractivity contribution in [2.75, 3.05) is 13.2 Å². The highest BCUT2D eigenvalue weighted by molar-refractivity contribution is 5.76. The first-order chi connectivity index (χ1) is 35.0. The average Bonchev–Trinajstić information content (AvgIpc) is 3.37. The second-order valence-electron chi connectivity index (χ2n) is 22.1. The molecule has 0 aromatic rings. The van der Waals surface area contributed by atoms with Gasteiger partial charge in [0.25, 0.3) is 0 Å². The Hall–Kier alpha value is -1.66. The van der Waals surface area contributed by atoms with Gasteiger partial charge in [0, 0.05) is 12.8 Å². The number of esters is 1. The summed E-state index contributed by atoms with van der Waals surface area (Å²) in [5, 5.41) is 23.2. The van der Waals surface area contributed by atoms with E-state index in [-0.39, 0.29) is 18.5 Å². The number of rotatable bonds is 60. The summed E-state index contributed by atoms with van der Waals surface area (Å²) >= 11 is 0. The highest BCUT2D eigenvalue weighted by atomic mass is 16.5. The Morgan fingerprint density at radius 3 is 1.00 bits per heavy atom. The van der Waals surface area contributed by atoms with E-state index in [2.05, 4.69) is 31.3 Å². The normalized spacial score (nSPS) is 12.7. The highest BCUT2D eigenvalue weighted by Gasteiger charge is 2.18. The number of allylic oxidation sites excluding steroid dienone is 3. The van der Waals surface area contributed by atoms with Gasteiger partial charge in [0.15, 0.2) is 0 Å². The fourth-order valence-corrected chi connectivity index (χ4v) is 10.0. The number of carbonyl (C=O) groups is 2. The molecule has 1 amide bonds. The molecule has 0 aliphatic heterocycles. The lowest BCUT2D eigenvalue weighted by atomic mass is 10.0. The van der Waals surface area contributed by atoms with Gasteiger partial charge in [-0.05, 0) is 57.8 Å². The van der Waals surface area contributed by atoms with Crippen LogP contribution in [0.4, 0.5) is 0 Å². The van der Waals surface area contributed by atoms with Crippen molar-refractivity contribution in [2.24, 2.45) is 0 Å². The van der Waals surface area contributed by atoms with E-state index in [4.69, 9.17) is 4.74 Å². The summed E-state index contributed by atoms with van der Waals surface area (Å²) in [6, 6.07) is -0.632. The molecule has 2 atom stereocenters. The van der Waals surface area contributed by atoms with E-state index in [1.54, 1.807) is 6.08 Å². The summed E-state index contributed by atoms with van der Waals surface area (Å²) < 4.78 is 5.49. The van der Waals surface area contributed by atoms with Crippen molar-refractivity contribution in [3.8, 4) is 0 Å². The van der Waals surface area contributed by atoms with E-state index in [9.17, 15) is 19.8 Å². The topological polar surface area (TPSA) is 95.9 Å². The molecule has 0 aromatic heterocycles. The summed E-state index contributed by atoms with van der Waals surface area (Å²) in [5.41, 5.74) is 0. The first-order valence-electron chi connectivity index (χ1n) is 32.1. The molecule has 0 aliphatic carbocycles. The van der Waals surface area contributed by atoms with Crippen molar-refractivity contribution < 1.29 is 24.5 Å². The van der Waals surface area contributed by atoms with Gasteiger partial charge in [-0.3, -0.25) is 9.59 Å². The average molecular weight is 1000 g/mol. The van der Waals surface area contributed by atoms with Crippen LogP contribution >= 0.6 is 0 Å². The largest absolute Gasteiger partial charge is 0.466 e. The van der Waals surface area contributed by atoms with Crippen molar-refractivity contribution in [3.05, 3.63) is 24.3 Å². The highest BCUT2D eigenvalue weighted by Crippen LogP contribution is 2.18. The van der Waals surface area contributed by atoms with Gasteiger partial charge in [-0.2, -0.15) is 0 Å². The van der Waals surface area contributed by atoms with Gasteiger partial charge in [0.1, 0.15) is 0 Å². The van der Waals surface area contributed by atoms with E-state index in [1.807, 2.05) is 6.08 Å². The molecule has 71 heavy (non-hydrogen) atoms. The molecule has 0 saturated heterocycles. The number of amides is 1. The third kappa shape index (κ3) is 57.5. The second-order valence-corrected chi connectivity index (χ2v) is 22.1. The zero-order chi connectivity index (χ0) is 51.4. The first kappa shape index (κ1) is 69.3. The number of aliphatic hydroxyl groups is 2. The molecular weight excluding hydrogens is 875 g/mol. The smallest absolute Gasteiger partial charge is 0.305 e. The van der Waals surface area contributed by atoms with Crippen LogP contribution in [0.15, 0.2) is 24.3 Å². The Kier molecular flexibility index (Phi) is 59.5. The van der Waals surface area contributed by atoms with Gasteiger partial charge in [-0.1, -0.05) is 308 Å². The van der Waals surface area contributed by atoms with E-state index in [0.717, 1.165) is 44.9 Å².